The summed E-state index contributed by atoms with van der Waals surface area (Å²) >= 11 is 0. The number of rotatable bonds is 3. The van der Waals surface area contributed by atoms with E-state index in [9.17, 15) is 9.18 Å². The first-order valence-electron chi connectivity index (χ1n) is 6.39. The number of hydrogen-bond donors (Lipinski definition) is 1. The average Bonchev–Trinajstić information content (AvgIpc) is 3.00. The number of carbonyl (C=O) groups excluding carboxylic acids is 1. The standard InChI is InChI=1S/C16H12FN3O/c17-13-8-4-5-9-14(13)19-16(21)15-10-18-11-20(15)12-6-2-1-3-7-12/h1-11H,(H,19,21). The normalized spacial score (nSPS) is 10.3. The molecule has 0 fully saturated rings. The van der Waals surface area contributed by atoms with Gasteiger partial charge in [0, 0.05) is 5.69 Å². The Morgan fingerprint density at radius 3 is 2.52 bits per heavy atom. The van der Waals surface area contributed by atoms with Gasteiger partial charge in [-0.05, 0) is 24.3 Å². The third kappa shape index (κ3) is 2.67. The van der Waals surface area contributed by atoms with E-state index in [4.69, 9.17) is 0 Å². The summed E-state index contributed by atoms with van der Waals surface area (Å²) in [7, 11) is 0. The molecule has 1 amide bonds. The number of para-hydroxylation sites is 2. The molecule has 2 aromatic carbocycles. The van der Waals surface area contributed by atoms with Crippen molar-refractivity contribution in [2.45, 2.75) is 0 Å². The Hall–Kier alpha value is -2.95. The zero-order valence-electron chi connectivity index (χ0n) is 11.0. The molecule has 0 saturated heterocycles. The first-order valence-corrected chi connectivity index (χ1v) is 6.39. The zero-order chi connectivity index (χ0) is 14.7. The summed E-state index contributed by atoms with van der Waals surface area (Å²) in [5.41, 5.74) is 1.29. The topological polar surface area (TPSA) is 46.9 Å². The van der Waals surface area contributed by atoms with Gasteiger partial charge in [0.05, 0.1) is 18.2 Å². The molecule has 0 bridgehead atoms. The Labute approximate surface area is 120 Å². The number of amides is 1. The second-order valence-electron chi connectivity index (χ2n) is 4.42. The van der Waals surface area contributed by atoms with Crippen LogP contribution in [0.15, 0.2) is 67.1 Å². The van der Waals surface area contributed by atoms with Crippen molar-refractivity contribution in [1.29, 1.82) is 0 Å². The molecule has 4 nitrogen and oxygen atoms in total. The molecular formula is C16H12FN3O. The maximum Gasteiger partial charge on any atom is 0.274 e. The number of benzene rings is 2. The summed E-state index contributed by atoms with van der Waals surface area (Å²) in [6, 6.07) is 15.4. The van der Waals surface area contributed by atoms with Gasteiger partial charge in [0.2, 0.25) is 0 Å². The Balaban J connectivity index is 1.90. The molecule has 3 aromatic rings. The Morgan fingerprint density at radius 1 is 1.05 bits per heavy atom. The smallest absolute Gasteiger partial charge is 0.274 e. The van der Waals surface area contributed by atoms with E-state index in [-0.39, 0.29) is 5.69 Å². The molecule has 1 N–H and O–H groups in total. The molecule has 0 radical (unpaired) electrons. The van der Waals surface area contributed by atoms with Gasteiger partial charge in [-0.2, -0.15) is 0 Å². The van der Waals surface area contributed by atoms with Crippen molar-refractivity contribution in [3.63, 3.8) is 0 Å². The molecule has 21 heavy (non-hydrogen) atoms. The molecule has 0 saturated carbocycles. The molecule has 3 rings (SSSR count). The molecule has 0 spiro atoms. The van der Waals surface area contributed by atoms with Crippen molar-refractivity contribution in [3.05, 3.63) is 78.6 Å². The first kappa shape index (κ1) is 13.1. The van der Waals surface area contributed by atoms with Crippen LogP contribution < -0.4 is 5.32 Å². The van der Waals surface area contributed by atoms with Gasteiger partial charge in [-0.15, -0.1) is 0 Å². The third-order valence-electron chi connectivity index (χ3n) is 3.03. The molecule has 5 heteroatoms. The fourth-order valence-electron chi connectivity index (χ4n) is 2.01. The van der Waals surface area contributed by atoms with Crippen LogP contribution in [0.25, 0.3) is 5.69 Å². The van der Waals surface area contributed by atoms with Crippen LogP contribution in [-0.4, -0.2) is 15.5 Å². The number of halogens is 1. The largest absolute Gasteiger partial charge is 0.318 e. The lowest BCUT2D eigenvalue weighted by Gasteiger charge is -2.09. The van der Waals surface area contributed by atoms with E-state index in [1.165, 1.54) is 18.3 Å². The SMILES string of the molecule is O=C(Nc1ccccc1F)c1cncn1-c1ccccc1. The lowest BCUT2D eigenvalue weighted by molar-refractivity contribution is 0.102. The van der Waals surface area contributed by atoms with Crippen molar-refractivity contribution in [2.75, 3.05) is 5.32 Å². The highest BCUT2D eigenvalue weighted by Crippen LogP contribution is 2.16. The van der Waals surface area contributed by atoms with Gasteiger partial charge < -0.3 is 5.32 Å². The van der Waals surface area contributed by atoms with Crippen LogP contribution in [0.4, 0.5) is 10.1 Å². The summed E-state index contributed by atoms with van der Waals surface area (Å²) in [4.78, 5) is 16.3. The van der Waals surface area contributed by atoms with Crippen molar-refractivity contribution < 1.29 is 9.18 Å². The Bertz CT molecular complexity index is 768. The van der Waals surface area contributed by atoms with Crippen LogP contribution in [-0.2, 0) is 0 Å². The predicted molar refractivity (Wildman–Crippen MR) is 77.9 cm³/mol. The molecule has 104 valence electrons. The number of aromatic nitrogens is 2. The zero-order valence-corrected chi connectivity index (χ0v) is 11.0. The van der Waals surface area contributed by atoms with Crippen molar-refractivity contribution in [3.8, 4) is 5.69 Å². The van der Waals surface area contributed by atoms with Crippen LogP contribution in [0.2, 0.25) is 0 Å². The number of nitrogens with zero attached hydrogens (tertiary/aromatic N) is 2. The minimum Gasteiger partial charge on any atom is -0.318 e. The minimum atomic E-state index is -0.475. The molecule has 0 aliphatic heterocycles. The van der Waals surface area contributed by atoms with E-state index in [1.807, 2.05) is 30.3 Å². The molecule has 0 aliphatic rings. The summed E-state index contributed by atoms with van der Waals surface area (Å²) in [5, 5.41) is 2.55. The number of nitrogens with one attached hydrogen (secondary N) is 1. The van der Waals surface area contributed by atoms with Gasteiger partial charge in [-0.1, -0.05) is 30.3 Å². The van der Waals surface area contributed by atoms with E-state index in [0.717, 1.165) is 5.69 Å². The van der Waals surface area contributed by atoms with Gasteiger partial charge in [-0.25, -0.2) is 9.37 Å². The average molecular weight is 281 g/mol. The van der Waals surface area contributed by atoms with E-state index in [0.29, 0.717) is 5.69 Å². The van der Waals surface area contributed by atoms with E-state index >= 15 is 0 Å². The Kier molecular flexibility index (Phi) is 3.47. The van der Waals surface area contributed by atoms with Crippen molar-refractivity contribution in [2.24, 2.45) is 0 Å². The monoisotopic (exact) mass is 281 g/mol. The minimum absolute atomic E-state index is 0.142. The van der Waals surface area contributed by atoms with E-state index < -0.39 is 11.7 Å². The van der Waals surface area contributed by atoms with Crippen LogP contribution >= 0.6 is 0 Å². The quantitative estimate of drug-likeness (QED) is 0.801. The lowest BCUT2D eigenvalue weighted by Crippen LogP contribution is -2.16. The predicted octanol–water partition coefficient (Wildman–Crippen LogP) is 3.26. The molecule has 1 aromatic heterocycles. The third-order valence-corrected chi connectivity index (χ3v) is 3.03. The number of anilines is 1. The highest BCUT2D eigenvalue weighted by molar-refractivity contribution is 6.03. The van der Waals surface area contributed by atoms with Crippen LogP contribution in [0.5, 0.6) is 0 Å². The molecule has 1 heterocycles. The highest BCUT2D eigenvalue weighted by atomic mass is 19.1. The van der Waals surface area contributed by atoms with Gasteiger partial charge >= 0.3 is 0 Å². The van der Waals surface area contributed by atoms with Crippen molar-refractivity contribution >= 4 is 11.6 Å². The lowest BCUT2D eigenvalue weighted by atomic mass is 10.3. The molecule has 0 aliphatic carbocycles. The fraction of sp³-hybridized carbons (Fsp3) is 0. The molecule has 0 unspecified atom stereocenters. The molecular weight excluding hydrogens is 269 g/mol. The van der Waals surface area contributed by atoms with Crippen molar-refractivity contribution in [1.82, 2.24) is 9.55 Å². The van der Waals surface area contributed by atoms with E-state index in [1.54, 1.807) is 23.0 Å². The highest BCUT2D eigenvalue weighted by Gasteiger charge is 2.14. The van der Waals surface area contributed by atoms with Crippen LogP contribution in [0.1, 0.15) is 10.5 Å². The summed E-state index contributed by atoms with van der Waals surface area (Å²) in [6.45, 7) is 0. The maximum absolute atomic E-state index is 13.6. The van der Waals surface area contributed by atoms with Gasteiger partial charge in [0.25, 0.3) is 5.91 Å². The van der Waals surface area contributed by atoms with Gasteiger partial charge in [0.1, 0.15) is 11.5 Å². The second kappa shape index (κ2) is 5.58. The second-order valence-corrected chi connectivity index (χ2v) is 4.42. The molecule has 0 atom stereocenters. The summed E-state index contributed by atoms with van der Waals surface area (Å²) < 4.78 is 15.2. The fourth-order valence-corrected chi connectivity index (χ4v) is 2.01. The number of imidazole rings is 1. The summed E-state index contributed by atoms with van der Waals surface area (Å²) in [5.74, 6) is -0.891. The number of hydrogen-bond acceptors (Lipinski definition) is 2. The van der Waals surface area contributed by atoms with Crippen LogP contribution in [0, 0.1) is 5.82 Å². The Morgan fingerprint density at radius 2 is 1.76 bits per heavy atom. The first-order chi connectivity index (χ1) is 10.3. The number of carbonyl (C=O) groups is 1. The summed E-state index contributed by atoms with van der Waals surface area (Å²) in [6.07, 6.45) is 2.99. The van der Waals surface area contributed by atoms with Gasteiger partial charge in [0.15, 0.2) is 0 Å². The van der Waals surface area contributed by atoms with E-state index in [2.05, 4.69) is 10.3 Å². The maximum atomic E-state index is 13.6. The van der Waals surface area contributed by atoms with Gasteiger partial charge in [-0.3, -0.25) is 9.36 Å². The van der Waals surface area contributed by atoms with Crippen LogP contribution in [0.3, 0.4) is 0 Å².